The highest BCUT2D eigenvalue weighted by molar-refractivity contribution is 5.95. The molecule has 0 aromatic heterocycles. The second-order valence-corrected chi connectivity index (χ2v) is 2.44. The van der Waals surface area contributed by atoms with Gasteiger partial charge in [-0.15, -0.1) is 0 Å². The van der Waals surface area contributed by atoms with Gasteiger partial charge in [0, 0.05) is 0 Å². The summed E-state index contributed by atoms with van der Waals surface area (Å²) in [5.74, 6) is 0. The first-order valence-electron chi connectivity index (χ1n) is 3.21. The first-order valence-corrected chi connectivity index (χ1v) is 3.21. The van der Waals surface area contributed by atoms with Crippen molar-refractivity contribution in [1.82, 2.24) is 0 Å². The zero-order chi connectivity index (χ0) is 6.69. The molecule has 0 heterocycles. The van der Waals surface area contributed by atoms with E-state index in [1.807, 2.05) is 6.08 Å². The fourth-order valence-corrected chi connectivity index (χ4v) is 1.06. The van der Waals surface area contributed by atoms with Crippen molar-refractivity contribution in [3.63, 3.8) is 0 Å². The van der Waals surface area contributed by atoms with Crippen molar-refractivity contribution in [1.29, 1.82) is 0 Å². The van der Waals surface area contributed by atoms with Crippen LogP contribution in [0.5, 0.6) is 0 Å². The quantitative estimate of drug-likeness (QED) is 0.389. The highest BCUT2D eigenvalue weighted by Crippen LogP contribution is 2.14. The molecule has 0 unspecified atom stereocenters. The van der Waals surface area contributed by atoms with Crippen LogP contribution in [0.2, 0.25) is 0 Å². The van der Waals surface area contributed by atoms with E-state index in [4.69, 9.17) is 5.21 Å². The molecule has 0 aliphatic heterocycles. The van der Waals surface area contributed by atoms with Gasteiger partial charge in [-0.2, -0.15) is 0 Å². The molecule has 2 nitrogen and oxygen atoms in total. The summed E-state index contributed by atoms with van der Waals surface area (Å²) in [4.78, 5) is 0. The first-order chi connectivity index (χ1) is 4.33. The van der Waals surface area contributed by atoms with Gasteiger partial charge in [-0.3, -0.25) is 0 Å². The lowest BCUT2D eigenvalue weighted by atomic mass is 10.00. The Hall–Kier alpha value is -0.790. The van der Waals surface area contributed by atoms with Crippen LogP contribution in [0.15, 0.2) is 16.8 Å². The van der Waals surface area contributed by atoms with Crippen molar-refractivity contribution in [2.75, 3.05) is 0 Å². The molecule has 1 aliphatic carbocycles. The van der Waals surface area contributed by atoms with Crippen molar-refractivity contribution >= 4 is 5.71 Å². The molecule has 1 aliphatic rings. The van der Waals surface area contributed by atoms with Crippen LogP contribution in [0.1, 0.15) is 26.2 Å². The van der Waals surface area contributed by atoms with Crippen molar-refractivity contribution < 1.29 is 5.21 Å². The van der Waals surface area contributed by atoms with Gasteiger partial charge in [-0.1, -0.05) is 10.7 Å². The lowest BCUT2D eigenvalue weighted by molar-refractivity contribution is 0.317. The summed E-state index contributed by atoms with van der Waals surface area (Å²) in [6.07, 6.45) is 5.15. The van der Waals surface area contributed by atoms with Crippen molar-refractivity contribution in [3.05, 3.63) is 11.6 Å². The van der Waals surface area contributed by atoms with E-state index >= 15 is 0 Å². The van der Waals surface area contributed by atoms with Gasteiger partial charge < -0.3 is 5.21 Å². The molecule has 0 spiro atoms. The molecule has 1 N–H and O–H groups in total. The Morgan fingerprint density at radius 2 is 2.33 bits per heavy atom. The monoisotopic (exact) mass is 125 g/mol. The normalized spacial score (nSPS) is 24.1. The number of allylic oxidation sites excluding steroid dienone is 2. The Morgan fingerprint density at radius 1 is 1.56 bits per heavy atom. The molecule has 1 rings (SSSR count). The van der Waals surface area contributed by atoms with Crippen molar-refractivity contribution in [3.8, 4) is 0 Å². The van der Waals surface area contributed by atoms with Crippen LogP contribution in [-0.2, 0) is 0 Å². The molecule has 0 amide bonds. The standard InChI is InChI=1S/C7H11NO/c1-6-3-2-4-7(5-6)8-9/h5,9H,2-4H2,1H3/b8-7+. The van der Waals surface area contributed by atoms with Gasteiger partial charge in [0.2, 0.25) is 0 Å². The Morgan fingerprint density at radius 3 is 2.78 bits per heavy atom. The number of hydrogen-bond donors (Lipinski definition) is 1. The van der Waals surface area contributed by atoms with Crippen LogP contribution in [0.3, 0.4) is 0 Å². The molecule has 0 aromatic rings. The van der Waals surface area contributed by atoms with Gasteiger partial charge in [-0.05, 0) is 32.3 Å². The predicted molar refractivity (Wildman–Crippen MR) is 36.8 cm³/mol. The van der Waals surface area contributed by atoms with E-state index in [2.05, 4.69) is 12.1 Å². The SMILES string of the molecule is CC1=C/C(=N/O)CCC1. The minimum absolute atomic E-state index is 0.818. The summed E-state index contributed by atoms with van der Waals surface area (Å²) >= 11 is 0. The van der Waals surface area contributed by atoms with Gasteiger partial charge >= 0.3 is 0 Å². The number of oxime groups is 1. The Balaban J connectivity index is 2.68. The molecule has 50 valence electrons. The highest BCUT2D eigenvalue weighted by Gasteiger charge is 2.03. The summed E-state index contributed by atoms with van der Waals surface area (Å²) in [7, 11) is 0. The fraction of sp³-hybridized carbons (Fsp3) is 0.571. The maximum Gasteiger partial charge on any atom is 0.0795 e. The van der Waals surface area contributed by atoms with E-state index < -0.39 is 0 Å². The van der Waals surface area contributed by atoms with Crippen LogP contribution < -0.4 is 0 Å². The van der Waals surface area contributed by atoms with Crippen LogP contribution in [0, 0.1) is 0 Å². The molecule has 0 radical (unpaired) electrons. The lowest BCUT2D eigenvalue weighted by Crippen LogP contribution is -2.00. The number of rotatable bonds is 0. The largest absolute Gasteiger partial charge is 0.411 e. The predicted octanol–water partition coefficient (Wildman–Crippen LogP) is 1.95. The highest BCUT2D eigenvalue weighted by atomic mass is 16.4. The van der Waals surface area contributed by atoms with E-state index in [-0.39, 0.29) is 0 Å². The molecule has 0 bridgehead atoms. The molecule has 0 saturated heterocycles. The summed E-state index contributed by atoms with van der Waals surface area (Å²) < 4.78 is 0. The summed E-state index contributed by atoms with van der Waals surface area (Å²) in [6.45, 7) is 2.06. The molecule has 0 aromatic carbocycles. The molecule has 2 heteroatoms. The van der Waals surface area contributed by atoms with E-state index in [1.165, 1.54) is 5.57 Å². The lowest BCUT2D eigenvalue weighted by Gasteiger charge is -2.07. The van der Waals surface area contributed by atoms with Crippen LogP contribution in [0.4, 0.5) is 0 Å². The molecule has 0 saturated carbocycles. The second-order valence-electron chi connectivity index (χ2n) is 2.44. The van der Waals surface area contributed by atoms with Gasteiger partial charge in [-0.25, -0.2) is 0 Å². The third-order valence-electron chi connectivity index (χ3n) is 1.55. The minimum Gasteiger partial charge on any atom is -0.411 e. The number of hydrogen-bond acceptors (Lipinski definition) is 2. The van der Waals surface area contributed by atoms with E-state index in [9.17, 15) is 0 Å². The minimum atomic E-state index is 0.818. The molecule has 0 atom stereocenters. The Kier molecular flexibility index (Phi) is 1.88. The molecular weight excluding hydrogens is 114 g/mol. The molecule has 9 heavy (non-hydrogen) atoms. The smallest absolute Gasteiger partial charge is 0.0795 e. The maximum absolute atomic E-state index is 8.35. The van der Waals surface area contributed by atoms with E-state index in [1.54, 1.807) is 0 Å². The average molecular weight is 125 g/mol. The third-order valence-corrected chi connectivity index (χ3v) is 1.55. The average Bonchev–Trinajstić information content (AvgIpc) is 1.88. The van der Waals surface area contributed by atoms with Gasteiger partial charge in [0.1, 0.15) is 0 Å². The zero-order valence-corrected chi connectivity index (χ0v) is 5.59. The fourth-order valence-electron chi connectivity index (χ4n) is 1.06. The Labute approximate surface area is 54.9 Å². The zero-order valence-electron chi connectivity index (χ0n) is 5.59. The van der Waals surface area contributed by atoms with Gasteiger partial charge in [0.15, 0.2) is 0 Å². The van der Waals surface area contributed by atoms with Crippen molar-refractivity contribution in [2.45, 2.75) is 26.2 Å². The van der Waals surface area contributed by atoms with Gasteiger partial charge in [0.25, 0.3) is 0 Å². The van der Waals surface area contributed by atoms with Crippen LogP contribution in [-0.4, -0.2) is 10.9 Å². The van der Waals surface area contributed by atoms with Gasteiger partial charge in [0.05, 0.1) is 5.71 Å². The molecular formula is C7H11NO. The third kappa shape index (κ3) is 1.56. The van der Waals surface area contributed by atoms with Crippen LogP contribution in [0.25, 0.3) is 0 Å². The summed E-state index contributed by atoms with van der Waals surface area (Å²) in [5, 5.41) is 11.5. The molecule has 0 fully saturated rings. The summed E-state index contributed by atoms with van der Waals surface area (Å²) in [5.41, 5.74) is 2.13. The second kappa shape index (κ2) is 2.67. The maximum atomic E-state index is 8.35. The van der Waals surface area contributed by atoms with Crippen molar-refractivity contribution in [2.24, 2.45) is 5.16 Å². The topological polar surface area (TPSA) is 32.6 Å². The van der Waals surface area contributed by atoms with E-state index in [0.29, 0.717) is 0 Å². The van der Waals surface area contributed by atoms with Crippen LogP contribution >= 0.6 is 0 Å². The first kappa shape index (κ1) is 6.33. The summed E-state index contributed by atoms with van der Waals surface area (Å²) in [6, 6.07) is 0. The number of nitrogens with zero attached hydrogens (tertiary/aromatic N) is 1. The Bertz CT molecular complexity index is 158. The van der Waals surface area contributed by atoms with E-state index in [0.717, 1.165) is 25.0 Å².